The zero-order valence-corrected chi connectivity index (χ0v) is 11.9. The molecule has 0 N–H and O–H groups in total. The van der Waals surface area contributed by atoms with Crippen LogP contribution in [-0.4, -0.2) is 11.0 Å². The van der Waals surface area contributed by atoms with Crippen LogP contribution in [0.2, 0.25) is 0 Å². The lowest BCUT2D eigenvalue weighted by Gasteiger charge is -2.57. The lowest BCUT2D eigenvalue weighted by molar-refractivity contribution is -0.0339. The molecule has 3 saturated carbocycles. The van der Waals surface area contributed by atoms with Crippen LogP contribution in [0.4, 0.5) is 0 Å². The summed E-state index contributed by atoms with van der Waals surface area (Å²) >= 11 is 2.31. The van der Waals surface area contributed by atoms with E-state index in [2.05, 4.69) is 32.5 Å². The summed E-state index contributed by atoms with van der Waals surface area (Å²) in [6.45, 7) is 7.53. The van der Waals surface area contributed by atoms with E-state index >= 15 is 0 Å². The van der Waals surface area contributed by atoms with Crippen molar-refractivity contribution in [3.05, 3.63) is 0 Å². The summed E-state index contributed by atoms with van der Waals surface area (Å²) < 4.78 is 0. The lowest BCUT2D eigenvalue weighted by Crippen LogP contribution is -2.50. The molecule has 0 aromatic heterocycles. The highest BCUT2D eigenvalue weighted by atomic mass is 32.2. The van der Waals surface area contributed by atoms with E-state index in [9.17, 15) is 0 Å². The number of fused-ring (bicyclic) bond motifs is 3. The maximum Gasteiger partial charge on any atom is 0.0132 e. The van der Waals surface area contributed by atoms with Gasteiger partial charge in [-0.1, -0.05) is 33.6 Å². The molecule has 4 aliphatic rings. The van der Waals surface area contributed by atoms with Crippen molar-refractivity contribution in [3.63, 3.8) is 0 Å². The van der Waals surface area contributed by atoms with Crippen molar-refractivity contribution in [3.8, 4) is 0 Å². The van der Waals surface area contributed by atoms with Crippen LogP contribution in [0.5, 0.6) is 0 Å². The van der Waals surface area contributed by atoms with Gasteiger partial charge >= 0.3 is 0 Å². The summed E-state index contributed by atoms with van der Waals surface area (Å²) in [7, 11) is 0. The Labute approximate surface area is 105 Å². The highest BCUT2D eigenvalue weighted by Gasteiger charge is 2.58. The van der Waals surface area contributed by atoms with E-state index < -0.39 is 0 Å². The Morgan fingerprint density at radius 2 is 1.75 bits per heavy atom. The third-order valence-electron chi connectivity index (χ3n) is 5.78. The van der Waals surface area contributed by atoms with Gasteiger partial charge < -0.3 is 0 Å². The van der Waals surface area contributed by atoms with E-state index in [1.54, 1.807) is 12.8 Å². The Morgan fingerprint density at radius 1 is 1.06 bits per heavy atom. The van der Waals surface area contributed by atoms with Gasteiger partial charge in [0.25, 0.3) is 0 Å². The summed E-state index contributed by atoms with van der Waals surface area (Å²) in [4.78, 5) is 0. The Kier molecular flexibility index (Phi) is 2.62. The summed E-state index contributed by atoms with van der Waals surface area (Å²) in [6.07, 6.45) is 9.16. The SMILES string of the molecule is CC1CSC(C23CCCCC(C)(C2)C3)C1C. The van der Waals surface area contributed by atoms with E-state index in [1.165, 1.54) is 31.4 Å². The Balaban J connectivity index is 1.79. The van der Waals surface area contributed by atoms with Crippen LogP contribution >= 0.6 is 11.8 Å². The van der Waals surface area contributed by atoms with Gasteiger partial charge in [0, 0.05) is 5.25 Å². The molecule has 1 heterocycles. The molecule has 92 valence electrons. The zero-order chi connectivity index (χ0) is 11.4. The molecule has 2 bridgehead atoms. The van der Waals surface area contributed by atoms with E-state index in [-0.39, 0.29) is 0 Å². The minimum atomic E-state index is 0.739. The van der Waals surface area contributed by atoms with Crippen LogP contribution in [-0.2, 0) is 0 Å². The number of hydrogen-bond acceptors (Lipinski definition) is 1. The van der Waals surface area contributed by atoms with Crippen molar-refractivity contribution < 1.29 is 0 Å². The van der Waals surface area contributed by atoms with Gasteiger partial charge in [0.1, 0.15) is 0 Å². The van der Waals surface area contributed by atoms with Crippen LogP contribution in [0.3, 0.4) is 0 Å². The van der Waals surface area contributed by atoms with Gasteiger partial charge in [-0.05, 0) is 54.1 Å². The molecule has 0 amide bonds. The molecule has 0 aromatic carbocycles. The highest BCUT2D eigenvalue weighted by molar-refractivity contribution is 8.00. The van der Waals surface area contributed by atoms with E-state index in [0.717, 1.165) is 27.9 Å². The third-order valence-corrected chi connectivity index (χ3v) is 7.79. The maximum absolute atomic E-state index is 2.55. The first-order valence-electron chi connectivity index (χ1n) is 7.16. The average Bonchev–Trinajstić information content (AvgIpc) is 2.39. The first-order valence-corrected chi connectivity index (χ1v) is 8.21. The van der Waals surface area contributed by atoms with Crippen LogP contribution in [0.25, 0.3) is 0 Å². The molecule has 3 atom stereocenters. The standard InChI is InChI=1S/C15H26S/c1-11-8-16-13(12(11)2)15-7-5-4-6-14(3,9-15)10-15/h11-13H,4-10H2,1-3H3. The molecular formula is C15H26S. The first-order chi connectivity index (χ1) is 7.55. The molecule has 0 aromatic rings. The molecule has 3 aliphatic carbocycles. The molecule has 1 aliphatic heterocycles. The van der Waals surface area contributed by atoms with Crippen molar-refractivity contribution in [2.24, 2.45) is 22.7 Å². The van der Waals surface area contributed by atoms with Crippen LogP contribution in [0.1, 0.15) is 59.3 Å². The average molecular weight is 238 g/mol. The van der Waals surface area contributed by atoms with Crippen LogP contribution in [0, 0.1) is 22.7 Å². The fourth-order valence-corrected chi connectivity index (χ4v) is 6.99. The molecule has 0 radical (unpaired) electrons. The van der Waals surface area contributed by atoms with Gasteiger partial charge in [0.2, 0.25) is 0 Å². The van der Waals surface area contributed by atoms with Gasteiger partial charge in [0.15, 0.2) is 0 Å². The molecule has 4 fully saturated rings. The molecular weight excluding hydrogens is 212 g/mol. The van der Waals surface area contributed by atoms with Crippen molar-refractivity contribution in [1.29, 1.82) is 0 Å². The van der Waals surface area contributed by atoms with Gasteiger partial charge in [-0.3, -0.25) is 0 Å². The highest BCUT2D eigenvalue weighted by Crippen LogP contribution is 2.67. The fraction of sp³-hybridized carbons (Fsp3) is 1.00. The Morgan fingerprint density at radius 3 is 2.38 bits per heavy atom. The smallest absolute Gasteiger partial charge is 0.0132 e. The summed E-state index contributed by atoms with van der Waals surface area (Å²) in [5, 5.41) is 0.994. The van der Waals surface area contributed by atoms with Gasteiger partial charge in [-0.2, -0.15) is 11.8 Å². The zero-order valence-electron chi connectivity index (χ0n) is 11.1. The van der Waals surface area contributed by atoms with Crippen molar-refractivity contribution in [2.45, 2.75) is 64.5 Å². The molecule has 0 nitrogen and oxygen atoms in total. The van der Waals surface area contributed by atoms with Crippen molar-refractivity contribution >= 4 is 11.8 Å². The lowest BCUT2D eigenvalue weighted by atomic mass is 9.50. The first kappa shape index (κ1) is 11.4. The van der Waals surface area contributed by atoms with Crippen LogP contribution < -0.4 is 0 Å². The Bertz CT molecular complexity index is 277. The minimum absolute atomic E-state index is 0.739. The predicted octanol–water partition coefficient (Wildman–Crippen LogP) is 4.73. The molecule has 0 spiro atoms. The quantitative estimate of drug-likeness (QED) is 0.636. The number of thioether (sulfide) groups is 1. The topological polar surface area (TPSA) is 0 Å². The largest absolute Gasteiger partial charge is 0.157 e. The summed E-state index contributed by atoms with van der Waals surface area (Å²) in [5.41, 5.74) is 1.50. The second-order valence-corrected chi connectivity index (χ2v) is 8.50. The third kappa shape index (κ3) is 1.57. The van der Waals surface area contributed by atoms with Crippen LogP contribution in [0.15, 0.2) is 0 Å². The molecule has 4 rings (SSSR count). The maximum atomic E-state index is 2.55. The van der Waals surface area contributed by atoms with Gasteiger partial charge in [-0.15, -0.1) is 0 Å². The minimum Gasteiger partial charge on any atom is -0.157 e. The molecule has 1 heteroatoms. The van der Waals surface area contributed by atoms with E-state index in [4.69, 9.17) is 0 Å². The fourth-order valence-electron chi connectivity index (χ4n) is 4.97. The second kappa shape index (κ2) is 3.67. The summed E-state index contributed by atoms with van der Waals surface area (Å²) in [5.74, 6) is 3.34. The van der Waals surface area contributed by atoms with E-state index in [1.807, 2.05) is 0 Å². The second-order valence-electron chi connectivity index (χ2n) is 7.32. The predicted molar refractivity (Wildman–Crippen MR) is 72.8 cm³/mol. The van der Waals surface area contributed by atoms with Crippen molar-refractivity contribution in [2.75, 3.05) is 5.75 Å². The Hall–Kier alpha value is 0.350. The van der Waals surface area contributed by atoms with Gasteiger partial charge in [0.05, 0.1) is 0 Å². The molecule has 3 unspecified atom stereocenters. The molecule has 16 heavy (non-hydrogen) atoms. The number of rotatable bonds is 1. The number of hydrogen-bond donors (Lipinski definition) is 0. The van der Waals surface area contributed by atoms with E-state index in [0.29, 0.717) is 0 Å². The summed E-state index contributed by atoms with van der Waals surface area (Å²) in [6, 6.07) is 0. The normalized spacial score (nSPS) is 56.8. The monoisotopic (exact) mass is 238 g/mol. The van der Waals surface area contributed by atoms with Crippen molar-refractivity contribution in [1.82, 2.24) is 0 Å². The molecule has 1 saturated heterocycles. The van der Waals surface area contributed by atoms with Gasteiger partial charge in [-0.25, -0.2) is 0 Å².